The van der Waals surface area contributed by atoms with E-state index in [2.05, 4.69) is 33.1 Å². The Morgan fingerprint density at radius 1 is 1.00 bits per heavy atom. The normalized spacial score (nSPS) is 17.9. The van der Waals surface area contributed by atoms with Gasteiger partial charge in [-0.3, -0.25) is 0 Å². The lowest BCUT2D eigenvalue weighted by Gasteiger charge is -2.45. The van der Waals surface area contributed by atoms with Crippen LogP contribution in [0.5, 0.6) is 11.5 Å². The molecule has 0 bridgehead atoms. The summed E-state index contributed by atoms with van der Waals surface area (Å²) in [6.45, 7) is 2.50. The second kappa shape index (κ2) is 7.19. The Hall–Kier alpha value is -2.86. The molecule has 0 amide bonds. The van der Waals surface area contributed by atoms with Crippen molar-refractivity contribution in [1.82, 2.24) is 9.97 Å². The molecule has 1 spiro atoms. The zero-order valence-electron chi connectivity index (χ0n) is 16.9. The number of hydrogen-bond donors (Lipinski definition) is 0. The van der Waals surface area contributed by atoms with E-state index >= 15 is 0 Å². The SMILES string of the molecule is COc1cc2c(cc1OC)C1(CCN(c3ncnc4ccccc34)CC1)OCC2. The summed E-state index contributed by atoms with van der Waals surface area (Å²) in [4.78, 5) is 11.3. The average Bonchev–Trinajstić information content (AvgIpc) is 2.79. The Labute approximate surface area is 170 Å². The van der Waals surface area contributed by atoms with Crippen LogP contribution < -0.4 is 14.4 Å². The van der Waals surface area contributed by atoms with E-state index < -0.39 is 0 Å². The number of benzene rings is 2. The van der Waals surface area contributed by atoms with E-state index in [1.165, 1.54) is 11.1 Å². The molecule has 29 heavy (non-hydrogen) atoms. The molecule has 0 N–H and O–H groups in total. The van der Waals surface area contributed by atoms with E-state index in [1.54, 1.807) is 20.5 Å². The zero-order chi connectivity index (χ0) is 19.8. The van der Waals surface area contributed by atoms with Crippen molar-refractivity contribution in [2.75, 3.05) is 38.8 Å². The van der Waals surface area contributed by atoms with Crippen LogP contribution >= 0.6 is 0 Å². The molecule has 1 fully saturated rings. The van der Waals surface area contributed by atoms with Crippen LogP contribution in [0.25, 0.3) is 10.9 Å². The first-order valence-electron chi connectivity index (χ1n) is 10.1. The molecule has 2 aliphatic heterocycles. The lowest BCUT2D eigenvalue weighted by molar-refractivity contribution is -0.0768. The number of aromatic nitrogens is 2. The number of fused-ring (bicyclic) bond motifs is 3. The van der Waals surface area contributed by atoms with Gasteiger partial charge in [0.2, 0.25) is 0 Å². The zero-order valence-corrected chi connectivity index (χ0v) is 16.9. The molecular formula is C23H25N3O3. The fraction of sp³-hybridized carbons (Fsp3) is 0.391. The third kappa shape index (κ3) is 2.99. The molecule has 2 aliphatic rings. The monoisotopic (exact) mass is 391 g/mol. The number of ether oxygens (including phenoxy) is 3. The molecule has 150 valence electrons. The van der Waals surface area contributed by atoms with Crippen LogP contribution in [0.4, 0.5) is 5.82 Å². The third-order valence-corrected chi connectivity index (χ3v) is 6.24. The molecule has 6 heteroatoms. The van der Waals surface area contributed by atoms with E-state index in [4.69, 9.17) is 14.2 Å². The molecule has 2 aromatic carbocycles. The number of nitrogens with zero attached hydrogens (tertiary/aromatic N) is 3. The Balaban J connectivity index is 1.46. The van der Waals surface area contributed by atoms with Crippen molar-refractivity contribution in [3.8, 4) is 11.5 Å². The van der Waals surface area contributed by atoms with Crippen LogP contribution in [0.1, 0.15) is 24.0 Å². The molecule has 0 radical (unpaired) electrons. The Morgan fingerprint density at radius 3 is 2.55 bits per heavy atom. The second-order valence-corrected chi connectivity index (χ2v) is 7.66. The number of anilines is 1. The van der Waals surface area contributed by atoms with Crippen molar-refractivity contribution in [2.24, 2.45) is 0 Å². The first kappa shape index (κ1) is 18.2. The molecule has 0 aliphatic carbocycles. The van der Waals surface area contributed by atoms with Gasteiger partial charge in [-0.2, -0.15) is 0 Å². The predicted molar refractivity (Wildman–Crippen MR) is 112 cm³/mol. The van der Waals surface area contributed by atoms with E-state index in [0.29, 0.717) is 0 Å². The first-order valence-corrected chi connectivity index (χ1v) is 10.1. The van der Waals surface area contributed by atoms with Crippen LogP contribution in [0, 0.1) is 0 Å². The largest absolute Gasteiger partial charge is 0.493 e. The van der Waals surface area contributed by atoms with Gasteiger partial charge >= 0.3 is 0 Å². The van der Waals surface area contributed by atoms with Crippen molar-refractivity contribution in [3.63, 3.8) is 0 Å². The molecule has 3 aromatic rings. The minimum Gasteiger partial charge on any atom is -0.493 e. The first-order chi connectivity index (χ1) is 14.2. The number of rotatable bonds is 3. The molecule has 5 rings (SSSR count). The van der Waals surface area contributed by atoms with Crippen molar-refractivity contribution in [2.45, 2.75) is 24.9 Å². The standard InChI is InChI=1S/C23H25N3O3/c1-27-20-13-16-7-12-29-23(18(16)14-21(20)28-2)8-10-26(11-9-23)22-17-5-3-4-6-19(17)24-15-25-22/h3-6,13-15H,7-12H2,1-2H3. The van der Waals surface area contributed by atoms with Crippen LogP contribution in [0.15, 0.2) is 42.7 Å². The van der Waals surface area contributed by atoms with Gasteiger partial charge in [0.05, 0.1) is 31.9 Å². The van der Waals surface area contributed by atoms with Gasteiger partial charge in [0.25, 0.3) is 0 Å². The molecule has 0 unspecified atom stereocenters. The highest BCUT2D eigenvalue weighted by Gasteiger charge is 2.42. The maximum Gasteiger partial charge on any atom is 0.161 e. The third-order valence-electron chi connectivity index (χ3n) is 6.24. The van der Waals surface area contributed by atoms with Gasteiger partial charge in [0.15, 0.2) is 11.5 Å². The van der Waals surface area contributed by atoms with Crippen molar-refractivity contribution in [1.29, 1.82) is 0 Å². The van der Waals surface area contributed by atoms with E-state index in [0.717, 1.165) is 67.2 Å². The van der Waals surface area contributed by atoms with Gasteiger partial charge in [-0.15, -0.1) is 0 Å². The van der Waals surface area contributed by atoms with Gasteiger partial charge in [0, 0.05) is 18.5 Å². The summed E-state index contributed by atoms with van der Waals surface area (Å²) in [5.74, 6) is 2.56. The maximum absolute atomic E-state index is 6.42. The molecule has 0 saturated carbocycles. The molecule has 1 saturated heterocycles. The second-order valence-electron chi connectivity index (χ2n) is 7.66. The number of piperidine rings is 1. The summed E-state index contributed by atoms with van der Waals surface area (Å²) < 4.78 is 17.5. The van der Waals surface area contributed by atoms with Gasteiger partial charge in [0.1, 0.15) is 12.1 Å². The number of hydrogen-bond acceptors (Lipinski definition) is 6. The molecule has 6 nitrogen and oxygen atoms in total. The van der Waals surface area contributed by atoms with Gasteiger partial charge in [-0.05, 0) is 54.7 Å². The topological polar surface area (TPSA) is 56.7 Å². The molecule has 1 aromatic heterocycles. The van der Waals surface area contributed by atoms with Crippen molar-refractivity contribution >= 4 is 16.7 Å². The number of methoxy groups -OCH3 is 2. The fourth-order valence-electron chi connectivity index (χ4n) is 4.72. The highest BCUT2D eigenvalue weighted by atomic mass is 16.5. The van der Waals surface area contributed by atoms with Crippen molar-refractivity contribution in [3.05, 3.63) is 53.9 Å². The summed E-state index contributed by atoms with van der Waals surface area (Å²) in [6, 6.07) is 12.4. The minimum absolute atomic E-state index is 0.271. The van der Waals surface area contributed by atoms with Crippen LogP contribution in [-0.4, -0.2) is 43.9 Å². The van der Waals surface area contributed by atoms with Gasteiger partial charge < -0.3 is 19.1 Å². The molecule has 3 heterocycles. The Bertz CT molecular complexity index is 1040. The molecular weight excluding hydrogens is 366 g/mol. The number of para-hydroxylation sites is 1. The summed E-state index contributed by atoms with van der Waals surface area (Å²) >= 11 is 0. The Morgan fingerprint density at radius 2 is 1.76 bits per heavy atom. The predicted octanol–water partition coefficient (Wildman–Crippen LogP) is 3.72. The smallest absolute Gasteiger partial charge is 0.161 e. The fourth-order valence-corrected chi connectivity index (χ4v) is 4.72. The summed E-state index contributed by atoms with van der Waals surface area (Å²) in [6.07, 6.45) is 4.38. The van der Waals surface area contributed by atoms with Crippen molar-refractivity contribution < 1.29 is 14.2 Å². The summed E-state index contributed by atoms with van der Waals surface area (Å²) in [5.41, 5.74) is 3.25. The van der Waals surface area contributed by atoms with Crippen LogP contribution in [0.3, 0.4) is 0 Å². The highest BCUT2D eigenvalue weighted by molar-refractivity contribution is 5.89. The highest BCUT2D eigenvalue weighted by Crippen LogP contribution is 2.46. The lowest BCUT2D eigenvalue weighted by Crippen LogP contribution is -2.47. The van der Waals surface area contributed by atoms with E-state index in [-0.39, 0.29) is 5.60 Å². The summed E-state index contributed by atoms with van der Waals surface area (Å²) in [5, 5.41) is 1.10. The quantitative estimate of drug-likeness (QED) is 0.678. The van der Waals surface area contributed by atoms with Crippen LogP contribution in [-0.2, 0) is 16.8 Å². The summed E-state index contributed by atoms with van der Waals surface area (Å²) in [7, 11) is 3.37. The van der Waals surface area contributed by atoms with Gasteiger partial charge in [-0.1, -0.05) is 12.1 Å². The van der Waals surface area contributed by atoms with Gasteiger partial charge in [-0.25, -0.2) is 9.97 Å². The molecule has 0 atom stereocenters. The van der Waals surface area contributed by atoms with Crippen LogP contribution in [0.2, 0.25) is 0 Å². The minimum atomic E-state index is -0.271. The lowest BCUT2D eigenvalue weighted by atomic mass is 9.79. The maximum atomic E-state index is 6.42. The van der Waals surface area contributed by atoms with E-state index in [1.807, 2.05) is 18.2 Å². The Kier molecular flexibility index (Phi) is 4.51. The van der Waals surface area contributed by atoms with E-state index in [9.17, 15) is 0 Å². The average molecular weight is 391 g/mol.